The average molecular weight is 1400 g/mol. The molecule has 10 aliphatic rings. The van der Waals surface area contributed by atoms with E-state index in [4.69, 9.17) is 36.0 Å². The number of ether oxygens (including phenoxy) is 2. The number of nitriles is 1. The van der Waals surface area contributed by atoms with Crippen LogP contribution in [0.4, 0.5) is 5.69 Å². The van der Waals surface area contributed by atoms with Crippen molar-refractivity contribution in [3.63, 3.8) is 0 Å². The van der Waals surface area contributed by atoms with Crippen LogP contribution in [-0.4, -0.2) is 11.4 Å². The summed E-state index contributed by atoms with van der Waals surface area (Å²) in [5, 5.41) is 11.0. The second-order valence-electron chi connectivity index (χ2n) is 32.9. The minimum atomic E-state index is 0. The Labute approximate surface area is 599 Å². The maximum absolute atomic E-state index is 11.0. The van der Waals surface area contributed by atoms with Crippen molar-refractivity contribution in [3.05, 3.63) is 146 Å². The van der Waals surface area contributed by atoms with Crippen LogP contribution in [-0.2, 0) is 20.4 Å². The van der Waals surface area contributed by atoms with Crippen LogP contribution in [0.15, 0.2) is 111 Å². The van der Waals surface area contributed by atoms with E-state index in [0.29, 0.717) is 94.7 Å². The monoisotopic (exact) mass is 1390 g/mol. The zero-order chi connectivity index (χ0) is 66.4. The van der Waals surface area contributed by atoms with Crippen molar-refractivity contribution in [3.8, 4) is 17.6 Å². The molecule has 2 aromatic heterocycles. The van der Waals surface area contributed by atoms with Crippen molar-refractivity contribution in [2.24, 2.45) is 81.0 Å². The van der Waals surface area contributed by atoms with Gasteiger partial charge in [-0.2, -0.15) is 16.6 Å². The zero-order valence-electron chi connectivity index (χ0n) is 60.6. The fourth-order valence-electron chi connectivity index (χ4n) is 20.6. The number of para-hydroxylation sites is 2. The molecule has 14 rings (SSSR count). The second-order valence-corrected chi connectivity index (χ2v) is 32.9. The molecule has 4 heterocycles. The first-order valence-electron chi connectivity index (χ1n) is 39.6. The van der Waals surface area contributed by atoms with Crippen LogP contribution in [0.5, 0.6) is 11.5 Å². The maximum Gasteiger partial charge on any atom is 2.00 e. The number of allylic oxidation sites excluding steroid dienone is 4. The zero-order valence-corrected chi connectivity index (χ0v) is 62.2. The van der Waals surface area contributed by atoms with Gasteiger partial charge in [0.25, 0.3) is 0 Å². The van der Waals surface area contributed by atoms with Crippen molar-refractivity contribution in [1.82, 2.24) is 9.97 Å². The summed E-state index contributed by atoms with van der Waals surface area (Å²) in [5.41, 5.74) is 15.3. The number of aromatic nitrogens is 2. The van der Waals surface area contributed by atoms with E-state index in [2.05, 4.69) is 139 Å². The number of hydrogen-bond donors (Lipinski definition) is 0. The molecule has 520 valence electrons. The van der Waals surface area contributed by atoms with Gasteiger partial charge in [-0.3, -0.25) is 0 Å². The van der Waals surface area contributed by atoms with Gasteiger partial charge in [-0.15, -0.1) is 0 Å². The number of hydrogen-bond acceptors (Lipinski definition) is 5. The molecule has 97 heavy (non-hydrogen) atoms. The molecule has 16 atom stereocenters. The molecule has 0 bridgehead atoms. The molecular weight excluding hydrogens is 1280 g/mol. The molecule has 8 saturated carbocycles. The molecule has 0 N–H and O–H groups in total. The van der Waals surface area contributed by atoms with Gasteiger partial charge >= 0.3 is 20.4 Å². The standard InChI is InChI=1S/2C44H58N3O.Pd/c1-28-17-9-13-23-33(28)37-27-38(34-24-14-10-18-29(34)2)46-41(37)44(48-32-21-7-6-8-22-32)43-39(35-25-15-11-19-30(35)3)42(45-5)40(47-43)36-26-16-12-20-31(36)4;1-28-16-8-12-22-33(28)37-26-39(34-23-13-9-17-29(34)2)46-42(37)44(48-32-20-6-5-7-21-32)43-40(35-24-14-10-18-30(35)3)38(27-45)41(47-43)36-25-15-11-19-31(36)4;/h6-8,21-22,27-31,33-36H,9-20,23-26H2,1-4H3;5-7,20-21,26,28-31,33-36H,8-19,22-25H2,1-4H3;/q2*-1;+2/b44-41+;44-43+;. The van der Waals surface area contributed by atoms with Crippen molar-refractivity contribution in [1.29, 1.82) is 5.26 Å². The maximum atomic E-state index is 11.0. The molecule has 8 fully saturated rings. The third kappa shape index (κ3) is 15.4. The third-order valence-electron chi connectivity index (χ3n) is 26.5. The Morgan fingerprint density at radius 3 is 1.34 bits per heavy atom. The van der Waals surface area contributed by atoms with Crippen molar-refractivity contribution < 1.29 is 29.9 Å². The van der Waals surface area contributed by atoms with Gasteiger partial charge in [0.05, 0.1) is 17.9 Å². The molecule has 0 spiro atoms. The summed E-state index contributed by atoms with van der Waals surface area (Å²) in [6, 6.07) is 25.9. The minimum absolute atomic E-state index is 0. The van der Waals surface area contributed by atoms with E-state index >= 15 is 0 Å². The smallest absolute Gasteiger partial charge is 0.668 e. The molecule has 2 aromatic carbocycles. The fraction of sp³-hybridized carbons (Fsp3) is 0.636. The van der Waals surface area contributed by atoms with Gasteiger partial charge in [-0.25, -0.2) is 14.8 Å². The Kier molecular flexibility index (Phi) is 24.2. The van der Waals surface area contributed by atoms with Crippen molar-refractivity contribution in [2.45, 2.75) is 285 Å². The van der Waals surface area contributed by atoms with Crippen LogP contribution in [0.3, 0.4) is 0 Å². The average Bonchev–Trinajstić information content (AvgIpc) is 1.61. The molecule has 0 radical (unpaired) electrons. The number of rotatable bonds is 14. The molecule has 16 unspecified atom stereocenters. The number of nitrogens with zero attached hydrogens (tertiary/aromatic N) is 6. The molecule has 0 saturated heterocycles. The van der Waals surface area contributed by atoms with Gasteiger partial charge in [0.2, 0.25) is 0 Å². The number of aliphatic imine (C=N–C) groups is 2. The number of benzene rings is 2. The van der Waals surface area contributed by atoms with Crippen LogP contribution in [0.2, 0.25) is 0 Å². The van der Waals surface area contributed by atoms with E-state index in [1.165, 1.54) is 213 Å². The second kappa shape index (κ2) is 32.9. The molecular formula is C88H116N6O2Pd. The minimum Gasteiger partial charge on any atom is -0.668 e. The SMILES string of the molecule is CC1CCCCC1C1=N/C(=C(/Oc2ccccc2)c2[n-]c(C3CCCCC3C)cc2C2CCCCC2C)C(C2CCCCC2C)=C1C#N.[C-]#[N+]c1c(C2CCCCC2C)[n-]c(/C(Oc2ccccc2)=C2\N=C(C3CCCCC3C)C=C2C2CCCCC2C)c1C1CCCCC1C.[Pd+2]. The van der Waals surface area contributed by atoms with E-state index in [9.17, 15) is 5.26 Å². The van der Waals surface area contributed by atoms with Crippen molar-refractivity contribution >= 4 is 28.6 Å². The van der Waals surface area contributed by atoms with Crippen molar-refractivity contribution in [2.75, 3.05) is 0 Å². The predicted octanol–water partition coefficient (Wildman–Crippen LogP) is 24.5. The van der Waals surface area contributed by atoms with Gasteiger partial charge in [-0.05, 0) is 170 Å². The van der Waals surface area contributed by atoms with E-state index in [-0.39, 0.29) is 20.4 Å². The quantitative estimate of drug-likeness (QED) is 0.0711. The molecule has 8 aliphatic carbocycles. The van der Waals surface area contributed by atoms with Gasteiger partial charge in [0, 0.05) is 23.1 Å². The largest absolute Gasteiger partial charge is 2.00 e. The summed E-state index contributed by atoms with van der Waals surface area (Å²) >= 11 is 0. The Morgan fingerprint density at radius 1 is 0.454 bits per heavy atom. The first-order chi connectivity index (χ1) is 46.9. The van der Waals surface area contributed by atoms with Crippen LogP contribution in [0, 0.1) is 88.9 Å². The predicted molar refractivity (Wildman–Crippen MR) is 395 cm³/mol. The van der Waals surface area contributed by atoms with E-state index in [1.807, 2.05) is 0 Å². The van der Waals surface area contributed by atoms with Crippen LogP contribution < -0.4 is 19.4 Å². The van der Waals surface area contributed by atoms with Gasteiger partial charge in [-0.1, -0.05) is 274 Å². The molecule has 9 heteroatoms. The van der Waals surface area contributed by atoms with Gasteiger partial charge in [0.15, 0.2) is 5.69 Å². The van der Waals surface area contributed by atoms with E-state index in [0.717, 1.165) is 94.1 Å². The fourth-order valence-corrected chi connectivity index (χ4v) is 20.6. The summed E-state index contributed by atoms with van der Waals surface area (Å²) < 4.78 is 14.3. The Balaban J connectivity index is 0.000000183. The molecule has 4 aromatic rings. The van der Waals surface area contributed by atoms with Crippen LogP contribution >= 0.6 is 0 Å². The normalized spacial score (nSPS) is 33.6. The molecule has 8 nitrogen and oxygen atoms in total. The molecule has 2 aliphatic heterocycles. The summed E-state index contributed by atoms with van der Waals surface area (Å²) in [5.74, 6) is 11.0. The Morgan fingerprint density at radius 2 is 0.866 bits per heavy atom. The Bertz CT molecular complexity index is 3620. The van der Waals surface area contributed by atoms with Crippen LogP contribution in [0.1, 0.15) is 318 Å². The Hall–Kier alpha value is -5.46. The summed E-state index contributed by atoms with van der Waals surface area (Å²) in [6.45, 7) is 28.0. The first kappa shape index (κ1) is 71.4. The van der Waals surface area contributed by atoms with Gasteiger partial charge in [0.1, 0.15) is 40.5 Å². The summed E-state index contributed by atoms with van der Waals surface area (Å²) in [7, 11) is 0. The molecule has 0 amide bonds. The third-order valence-corrected chi connectivity index (χ3v) is 26.5. The van der Waals surface area contributed by atoms with Gasteiger partial charge < -0.3 is 19.4 Å². The first-order valence-corrected chi connectivity index (χ1v) is 39.6. The topological polar surface area (TPSA) is 99.5 Å². The van der Waals surface area contributed by atoms with Crippen LogP contribution in [0.25, 0.3) is 16.4 Å². The summed E-state index contributed by atoms with van der Waals surface area (Å²) in [6.07, 6.45) is 42.1. The van der Waals surface area contributed by atoms with E-state index in [1.54, 1.807) is 0 Å². The summed E-state index contributed by atoms with van der Waals surface area (Å²) in [4.78, 5) is 27.1. The van der Waals surface area contributed by atoms with E-state index < -0.39 is 0 Å².